The summed E-state index contributed by atoms with van der Waals surface area (Å²) in [6, 6.07) is 11.3. The number of benzene rings is 1. The molecule has 1 N–H and O–H groups in total. The summed E-state index contributed by atoms with van der Waals surface area (Å²) in [5.41, 5.74) is 0.447. The predicted octanol–water partition coefficient (Wildman–Crippen LogP) is 3.08. The zero-order chi connectivity index (χ0) is 14.9. The van der Waals surface area contributed by atoms with Crippen LogP contribution in [0.3, 0.4) is 0 Å². The quantitative estimate of drug-likeness (QED) is 0.805. The van der Waals surface area contributed by atoms with E-state index in [2.05, 4.69) is 14.7 Å². The molecule has 0 fully saturated rings. The summed E-state index contributed by atoms with van der Waals surface area (Å²) in [6.45, 7) is 0. The predicted molar refractivity (Wildman–Crippen MR) is 81.8 cm³/mol. The second kappa shape index (κ2) is 5.31. The van der Waals surface area contributed by atoms with Gasteiger partial charge in [0.05, 0.1) is 15.4 Å². The maximum atomic E-state index is 12.5. The molecule has 0 bridgehead atoms. The molecule has 0 unspecified atom stereocenters. The van der Waals surface area contributed by atoms with Crippen LogP contribution in [-0.4, -0.2) is 18.4 Å². The Hall–Kier alpha value is -2.18. The number of hydrogen-bond donors (Lipinski definition) is 1. The SMILES string of the molecule is O=S(=O)(Nc1ccccn1)c1ccc(Cl)c2ncccc12. The van der Waals surface area contributed by atoms with Gasteiger partial charge in [0.1, 0.15) is 5.82 Å². The summed E-state index contributed by atoms with van der Waals surface area (Å²) in [7, 11) is -3.77. The molecule has 2 aromatic heterocycles. The molecule has 1 aromatic carbocycles. The van der Waals surface area contributed by atoms with Crippen molar-refractivity contribution in [2.45, 2.75) is 4.90 Å². The van der Waals surface area contributed by atoms with Crippen LogP contribution in [-0.2, 0) is 10.0 Å². The molecule has 0 aliphatic heterocycles. The van der Waals surface area contributed by atoms with E-state index in [9.17, 15) is 8.42 Å². The van der Waals surface area contributed by atoms with Gasteiger partial charge in [0.25, 0.3) is 10.0 Å². The van der Waals surface area contributed by atoms with Crippen molar-refractivity contribution in [1.82, 2.24) is 9.97 Å². The average molecular weight is 320 g/mol. The maximum Gasteiger partial charge on any atom is 0.263 e. The number of anilines is 1. The topological polar surface area (TPSA) is 72.0 Å². The Bertz CT molecular complexity index is 898. The Morgan fingerprint density at radius 2 is 1.76 bits per heavy atom. The number of sulfonamides is 1. The third kappa shape index (κ3) is 2.68. The fraction of sp³-hybridized carbons (Fsp3) is 0. The lowest BCUT2D eigenvalue weighted by molar-refractivity contribution is 0.602. The van der Waals surface area contributed by atoms with Crippen molar-refractivity contribution >= 4 is 38.3 Å². The monoisotopic (exact) mass is 319 g/mol. The van der Waals surface area contributed by atoms with Gasteiger partial charge in [-0.2, -0.15) is 0 Å². The summed E-state index contributed by atoms with van der Waals surface area (Å²) in [4.78, 5) is 8.19. The van der Waals surface area contributed by atoms with Crippen LogP contribution in [0, 0.1) is 0 Å². The van der Waals surface area contributed by atoms with Gasteiger partial charge in [-0.1, -0.05) is 17.7 Å². The zero-order valence-corrected chi connectivity index (χ0v) is 12.3. The van der Waals surface area contributed by atoms with E-state index < -0.39 is 10.0 Å². The molecule has 0 radical (unpaired) electrons. The van der Waals surface area contributed by atoms with Gasteiger partial charge in [0, 0.05) is 17.8 Å². The largest absolute Gasteiger partial charge is 0.263 e. The number of halogens is 1. The van der Waals surface area contributed by atoms with Gasteiger partial charge in [-0.15, -0.1) is 0 Å². The zero-order valence-electron chi connectivity index (χ0n) is 10.7. The van der Waals surface area contributed by atoms with E-state index in [1.807, 2.05) is 0 Å². The highest BCUT2D eigenvalue weighted by Gasteiger charge is 2.19. The minimum atomic E-state index is -3.77. The van der Waals surface area contributed by atoms with Crippen LogP contribution in [0.15, 0.2) is 59.8 Å². The molecule has 2 heterocycles. The van der Waals surface area contributed by atoms with Crippen LogP contribution in [0.4, 0.5) is 5.82 Å². The van der Waals surface area contributed by atoms with E-state index in [1.165, 1.54) is 18.3 Å². The molecule has 0 spiro atoms. The van der Waals surface area contributed by atoms with Crippen molar-refractivity contribution in [1.29, 1.82) is 0 Å². The van der Waals surface area contributed by atoms with Crippen LogP contribution in [0.1, 0.15) is 0 Å². The van der Waals surface area contributed by atoms with Crippen LogP contribution < -0.4 is 4.72 Å². The molecule has 5 nitrogen and oxygen atoms in total. The van der Waals surface area contributed by atoms with Crippen molar-refractivity contribution in [2.75, 3.05) is 4.72 Å². The van der Waals surface area contributed by atoms with E-state index in [-0.39, 0.29) is 10.7 Å². The lowest BCUT2D eigenvalue weighted by atomic mass is 10.2. The number of rotatable bonds is 3. The summed E-state index contributed by atoms with van der Waals surface area (Å²) in [5, 5.41) is 0.871. The van der Waals surface area contributed by atoms with E-state index in [4.69, 9.17) is 11.6 Å². The molecule has 0 aliphatic rings. The summed E-state index contributed by atoms with van der Waals surface area (Å²) in [6.07, 6.45) is 3.08. The minimum absolute atomic E-state index is 0.112. The van der Waals surface area contributed by atoms with Gasteiger partial charge in [-0.25, -0.2) is 13.4 Å². The molecule has 0 saturated carbocycles. The van der Waals surface area contributed by atoms with Crippen LogP contribution in [0.5, 0.6) is 0 Å². The van der Waals surface area contributed by atoms with Crippen molar-refractivity contribution in [2.24, 2.45) is 0 Å². The Labute approximate surface area is 126 Å². The normalized spacial score (nSPS) is 11.5. The first-order valence-corrected chi connectivity index (χ1v) is 7.91. The number of aromatic nitrogens is 2. The number of nitrogens with zero attached hydrogens (tertiary/aromatic N) is 2. The van der Waals surface area contributed by atoms with Gasteiger partial charge < -0.3 is 0 Å². The lowest BCUT2D eigenvalue weighted by Gasteiger charge is -2.10. The first-order chi connectivity index (χ1) is 10.1. The Kier molecular flexibility index (Phi) is 3.48. The highest BCUT2D eigenvalue weighted by molar-refractivity contribution is 7.93. The molecule has 3 rings (SSSR count). The third-order valence-corrected chi connectivity index (χ3v) is 4.59. The van der Waals surface area contributed by atoms with Gasteiger partial charge in [0.2, 0.25) is 0 Å². The van der Waals surface area contributed by atoms with Crippen molar-refractivity contribution < 1.29 is 8.42 Å². The molecular formula is C14H10ClN3O2S. The van der Waals surface area contributed by atoms with Crippen LogP contribution in [0.2, 0.25) is 5.02 Å². The first-order valence-electron chi connectivity index (χ1n) is 6.05. The first kappa shape index (κ1) is 13.8. The second-order valence-electron chi connectivity index (χ2n) is 4.27. The molecule has 3 aromatic rings. The summed E-state index contributed by atoms with van der Waals surface area (Å²) < 4.78 is 27.4. The fourth-order valence-electron chi connectivity index (χ4n) is 1.96. The number of fused-ring (bicyclic) bond motifs is 1. The van der Waals surface area contributed by atoms with Crippen LogP contribution in [0.25, 0.3) is 10.9 Å². The van der Waals surface area contributed by atoms with Crippen molar-refractivity contribution in [3.05, 3.63) is 59.9 Å². The number of nitrogens with one attached hydrogen (secondary N) is 1. The van der Waals surface area contributed by atoms with E-state index in [0.29, 0.717) is 15.9 Å². The molecule has 0 atom stereocenters. The molecule has 0 amide bonds. The summed E-state index contributed by atoms with van der Waals surface area (Å²) in [5.74, 6) is 0.254. The summed E-state index contributed by atoms with van der Waals surface area (Å²) >= 11 is 6.05. The third-order valence-electron chi connectivity index (χ3n) is 2.87. The van der Waals surface area contributed by atoms with E-state index in [1.54, 1.807) is 36.5 Å². The Morgan fingerprint density at radius 1 is 0.952 bits per heavy atom. The molecule has 21 heavy (non-hydrogen) atoms. The molecule has 106 valence electrons. The highest BCUT2D eigenvalue weighted by atomic mass is 35.5. The Morgan fingerprint density at radius 3 is 2.52 bits per heavy atom. The smallest absolute Gasteiger partial charge is 0.263 e. The maximum absolute atomic E-state index is 12.5. The van der Waals surface area contributed by atoms with Crippen molar-refractivity contribution in [3.63, 3.8) is 0 Å². The molecule has 7 heteroatoms. The molecular weight excluding hydrogens is 310 g/mol. The van der Waals surface area contributed by atoms with Gasteiger partial charge in [0.15, 0.2) is 0 Å². The van der Waals surface area contributed by atoms with Gasteiger partial charge in [-0.3, -0.25) is 9.71 Å². The van der Waals surface area contributed by atoms with Crippen molar-refractivity contribution in [3.8, 4) is 0 Å². The Balaban J connectivity index is 2.14. The fourth-order valence-corrected chi connectivity index (χ4v) is 3.38. The standard InChI is InChI=1S/C14H10ClN3O2S/c15-11-6-7-12(10-4-3-9-17-14(10)11)21(19,20)18-13-5-1-2-8-16-13/h1-9H,(H,16,18). The van der Waals surface area contributed by atoms with E-state index in [0.717, 1.165) is 0 Å². The average Bonchev–Trinajstić information content (AvgIpc) is 2.48. The lowest BCUT2D eigenvalue weighted by Crippen LogP contribution is -2.14. The molecule has 0 aliphatic carbocycles. The van der Waals surface area contributed by atoms with Crippen LogP contribution >= 0.6 is 11.6 Å². The minimum Gasteiger partial charge on any atom is -0.263 e. The van der Waals surface area contributed by atoms with E-state index >= 15 is 0 Å². The van der Waals surface area contributed by atoms with Gasteiger partial charge >= 0.3 is 0 Å². The highest BCUT2D eigenvalue weighted by Crippen LogP contribution is 2.28. The number of hydrogen-bond acceptors (Lipinski definition) is 4. The second-order valence-corrected chi connectivity index (χ2v) is 6.32. The molecule has 0 saturated heterocycles. The number of pyridine rings is 2. The van der Waals surface area contributed by atoms with Gasteiger partial charge in [-0.05, 0) is 36.4 Å².